The highest BCUT2D eigenvalue weighted by Gasteiger charge is 2.13. The fourth-order valence-electron chi connectivity index (χ4n) is 1.90. The van der Waals surface area contributed by atoms with Crippen LogP contribution in [0.3, 0.4) is 0 Å². The lowest BCUT2D eigenvalue weighted by molar-refractivity contribution is -0.162. The van der Waals surface area contributed by atoms with Gasteiger partial charge in [-0.25, -0.2) is 5.84 Å². The van der Waals surface area contributed by atoms with Crippen molar-refractivity contribution in [1.29, 1.82) is 0 Å². The first-order valence-electron chi connectivity index (χ1n) is 5.48. The van der Waals surface area contributed by atoms with Gasteiger partial charge in [0.15, 0.2) is 0 Å². The Labute approximate surface area is 81.2 Å². The standard InChI is InChI=1S/C10H22N2O/c1-2-12(11)13-9-8-10-6-4-3-5-7-10/h10H,2-9,11H2,1H3. The van der Waals surface area contributed by atoms with Gasteiger partial charge in [-0.1, -0.05) is 32.1 Å². The smallest absolute Gasteiger partial charge is 0.0704 e. The molecule has 3 heteroatoms. The van der Waals surface area contributed by atoms with Crippen molar-refractivity contribution in [2.45, 2.75) is 45.4 Å². The zero-order chi connectivity index (χ0) is 9.52. The molecule has 0 unspecified atom stereocenters. The van der Waals surface area contributed by atoms with Gasteiger partial charge < -0.3 is 0 Å². The summed E-state index contributed by atoms with van der Waals surface area (Å²) in [6.07, 6.45) is 8.19. The van der Waals surface area contributed by atoms with E-state index in [9.17, 15) is 0 Å². The van der Waals surface area contributed by atoms with Crippen molar-refractivity contribution in [3.8, 4) is 0 Å². The number of nitrogens with zero attached hydrogens (tertiary/aromatic N) is 1. The summed E-state index contributed by atoms with van der Waals surface area (Å²) < 4.78 is 0. The highest BCUT2D eigenvalue weighted by molar-refractivity contribution is 4.64. The van der Waals surface area contributed by atoms with E-state index in [4.69, 9.17) is 10.7 Å². The van der Waals surface area contributed by atoms with Gasteiger partial charge in [0, 0.05) is 6.54 Å². The lowest BCUT2D eigenvalue weighted by atomic mass is 9.87. The van der Waals surface area contributed by atoms with E-state index < -0.39 is 0 Å². The van der Waals surface area contributed by atoms with Crippen LogP contribution < -0.4 is 5.84 Å². The third-order valence-corrected chi connectivity index (χ3v) is 2.82. The first-order chi connectivity index (χ1) is 6.33. The molecule has 0 amide bonds. The van der Waals surface area contributed by atoms with Gasteiger partial charge in [-0.05, 0) is 19.3 Å². The van der Waals surface area contributed by atoms with Crippen LogP contribution in [0.4, 0.5) is 0 Å². The summed E-state index contributed by atoms with van der Waals surface area (Å²) in [4.78, 5) is 5.30. The third kappa shape index (κ3) is 4.60. The van der Waals surface area contributed by atoms with Crippen LogP contribution in [0.15, 0.2) is 0 Å². The number of nitrogens with two attached hydrogens (primary N) is 1. The normalized spacial score (nSPS) is 19.6. The molecule has 1 fully saturated rings. The van der Waals surface area contributed by atoms with Crippen LogP contribution in [-0.4, -0.2) is 18.3 Å². The van der Waals surface area contributed by atoms with Crippen LogP contribution >= 0.6 is 0 Å². The molecule has 0 aromatic carbocycles. The second-order valence-electron chi connectivity index (χ2n) is 3.86. The van der Waals surface area contributed by atoms with Crippen LogP contribution in [0.5, 0.6) is 0 Å². The van der Waals surface area contributed by atoms with E-state index in [1.807, 2.05) is 6.92 Å². The molecular weight excluding hydrogens is 164 g/mol. The van der Waals surface area contributed by atoms with Gasteiger partial charge in [-0.3, -0.25) is 4.84 Å². The largest absolute Gasteiger partial charge is 0.284 e. The first-order valence-corrected chi connectivity index (χ1v) is 5.48. The molecule has 0 atom stereocenters. The molecule has 1 saturated carbocycles. The Morgan fingerprint density at radius 3 is 2.62 bits per heavy atom. The van der Waals surface area contributed by atoms with E-state index in [0.29, 0.717) is 0 Å². The van der Waals surface area contributed by atoms with Crippen LogP contribution in [-0.2, 0) is 4.84 Å². The zero-order valence-corrected chi connectivity index (χ0v) is 8.67. The van der Waals surface area contributed by atoms with Gasteiger partial charge in [-0.15, -0.1) is 5.17 Å². The second-order valence-corrected chi connectivity index (χ2v) is 3.86. The molecular formula is C10H22N2O. The minimum Gasteiger partial charge on any atom is -0.284 e. The maximum absolute atomic E-state index is 5.50. The number of rotatable bonds is 5. The molecule has 2 N–H and O–H groups in total. The average Bonchev–Trinajstić information content (AvgIpc) is 2.19. The molecule has 0 spiro atoms. The fraction of sp³-hybridized carbons (Fsp3) is 1.00. The lowest BCUT2D eigenvalue weighted by Crippen LogP contribution is -2.31. The minimum absolute atomic E-state index is 0.755. The number of hydrogen-bond donors (Lipinski definition) is 1. The first kappa shape index (κ1) is 11.0. The summed E-state index contributed by atoms with van der Waals surface area (Å²) in [5.74, 6) is 6.39. The molecule has 1 aliphatic rings. The van der Waals surface area contributed by atoms with E-state index in [1.54, 1.807) is 0 Å². The SMILES string of the molecule is CCN(N)OCCC1CCCCC1. The van der Waals surface area contributed by atoms with Gasteiger partial charge in [0.25, 0.3) is 0 Å². The average molecular weight is 186 g/mol. The molecule has 3 nitrogen and oxygen atoms in total. The minimum atomic E-state index is 0.755. The van der Waals surface area contributed by atoms with Crippen molar-refractivity contribution in [2.24, 2.45) is 11.8 Å². The number of hydrogen-bond acceptors (Lipinski definition) is 3. The van der Waals surface area contributed by atoms with Crippen LogP contribution in [0, 0.1) is 5.92 Å². The van der Waals surface area contributed by atoms with E-state index in [1.165, 1.54) is 43.7 Å². The monoisotopic (exact) mass is 186 g/mol. The topological polar surface area (TPSA) is 38.5 Å². The predicted octanol–water partition coefficient (Wildman–Crippen LogP) is 2.08. The van der Waals surface area contributed by atoms with Crippen LogP contribution in [0.1, 0.15) is 45.4 Å². The molecule has 0 aromatic heterocycles. The van der Waals surface area contributed by atoms with Gasteiger partial charge in [0.05, 0.1) is 6.61 Å². The van der Waals surface area contributed by atoms with Crippen molar-refractivity contribution in [1.82, 2.24) is 5.17 Å². The summed E-state index contributed by atoms with van der Waals surface area (Å²) in [7, 11) is 0. The van der Waals surface area contributed by atoms with Gasteiger partial charge in [0.2, 0.25) is 0 Å². The van der Waals surface area contributed by atoms with Crippen molar-refractivity contribution < 1.29 is 4.84 Å². The van der Waals surface area contributed by atoms with Crippen molar-refractivity contribution in [3.63, 3.8) is 0 Å². The van der Waals surface area contributed by atoms with Crippen LogP contribution in [0.25, 0.3) is 0 Å². The Balaban J connectivity index is 1.98. The molecule has 0 aliphatic heterocycles. The van der Waals surface area contributed by atoms with Gasteiger partial charge >= 0.3 is 0 Å². The van der Waals surface area contributed by atoms with Crippen molar-refractivity contribution in [2.75, 3.05) is 13.2 Å². The zero-order valence-electron chi connectivity index (χ0n) is 8.67. The fourth-order valence-corrected chi connectivity index (χ4v) is 1.90. The third-order valence-electron chi connectivity index (χ3n) is 2.82. The van der Waals surface area contributed by atoms with Crippen molar-refractivity contribution >= 4 is 0 Å². The molecule has 0 radical (unpaired) electrons. The molecule has 0 bridgehead atoms. The Bertz CT molecular complexity index is 124. The van der Waals surface area contributed by atoms with E-state index >= 15 is 0 Å². The van der Waals surface area contributed by atoms with E-state index in [-0.39, 0.29) is 0 Å². The maximum Gasteiger partial charge on any atom is 0.0704 e. The van der Waals surface area contributed by atoms with Gasteiger partial charge in [0.1, 0.15) is 0 Å². The Morgan fingerprint density at radius 1 is 1.31 bits per heavy atom. The molecule has 0 saturated heterocycles. The summed E-state index contributed by atoms with van der Waals surface area (Å²) in [5.41, 5.74) is 0. The molecule has 1 aliphatic carbocycles. The second kappa shape index (κ2) is 6.35. The Hall–Kier alpha value is -0.120. The Kier molecular flexibility index (Phi) is 5.35. The maximum atomic E-state index is 5.50. The molecule has 0 aromatic rings. The summed E-state index contributed by atoms with van der Waals surface area (Å²) in [6.45, 7) is 3.53. The predicted molar refractivity (Wildman–Crippen MR) is 53.7 cm³/mol. The molecule has 1 rings (SSSR count). The van der Waals surface area contributed by atoms with Crippen molar-refractivity contribution in [3.05, 3.63) is 0 Å². The van der Waals surface area contributed by atoms with E-state index in [2.05, 4.69) is 0 Å². The summed E-state index contributed by atoms with van der Waals surface area (Å²) >= 11 is 0. The highest BCUT2D eigenvalue weighted by Crippen LogP contribution is 2.25. The molecule has 78 valence electrons. The molecule has 13 heavy (non-hydrogen) atoms. The number of hydroxylamine groups is 1. The lowest BCUT2D eigenvalue weighted by Gasteiger charge is -2.22. The highest BCUT2D eigenvalue weighted by atomic mass is 16.7. The Morgan fingerprint density at radius 2 is 2.00 bits per heavy atom. The van der Waals surface area contributed by atoms with Gasteiger partial charge in [-0.2, -0.15) is 0 Å². The quantitative estimate of drug-likeness (QED) is 0.528. The van der Waals surface area contributed by atoms with Crippen LogP contribution in [0.2, 0.25) is 0 Å². The number of hydrazine groups is 1. The summed E-state index contributed by atoms with van der Waals surface area (Å²) in [6, 6.07) is 0. The summed E-state index contributed by atoms with van der Waals surface area (Å²) in [5, 5.41) is 1.42. The molecule has 0 heterocycles. The van der Waals surface area contributed by atoms with E-state index in [0.717, 1.165) is 19.1 Å².